The highest BCUT2D eigenvalue weighted by atomic mass is 16.4. The molecular weight excluding hydrogens is 206 g/mol. The van der Waals surface area contributed by atoms with Gasteiger partial charge in [0.1, 0.15) is 5.41 Å². The number of nitrogens with two attached hydrogens (primary N) is 1. The molecule has 2 aliphatic rings. The van der Waals surface area contributed by atoms with Crippen LogP contribution in [0.15, 0.2) is 5.16 Å². The van der Waals surface area contributed by atoms with Crippen LogP contribution < -0.4 is 11.1 Å². The van der Waals surface area contributed by atoms with Gasteiger partial charge in [-0.2, -0.15) is 0 Å². The van der Waals surface area contributed by atoms with Crippen molar-refractivity contribution in [3.05, 3.63) is 0 Å². The third-order valence-electron chi connectivity index (χ3n) is 3.81. The fourth-order valence-electron chi connectivity index (χ4n) is 2.44. The lowest BCUT2D eigenvalue weighted by atomic mass is 10.0. The Morgan fingerprint density at radius 1 is 1.44 bits per heavy atom. The maximum absolute atomic E-state index is 11.9. The largest absolute Gasteiger partial charge is 0.409 e. The van der Waals surface area contributed by atoms with E-state index in [4.69, 9.17) is 10.9 Å². The second-order valence-corrected chi connectivity index (χ2v) is 4.93. The minimum atomic E-state index is -0.701. The molecule has 1 amide bonds. The molecule has 0 radical (unpaired) electrons. The number of carbonyl (C=O) groups is 1. The number of amidine groups is 1. The molecule has 2 saturated carbocycles. The Kier molecular flexibility index (Phi) is 3.03. The predicted octanol–water partition coefficient (Wildman–Crippen LogP) is 0.819. The topological polar surface area (TPSA) is 87.7 Å². The number of hydrogen-bond acceptors (Lipinski definition) is 3. The van der Waals surface area contributed by atoms with E-state index in [0.29, 0.717) is 18.8 Å². The monoisotopic (exact) mass is 225 g/mol. The van der Waals surface area contributed by atoms with Crippen molar-refractivity contribution in [3.8, 4) is 0 Å². The molecule has 5 heteroatoms. The van der Waals surface area contributed by atoms with Crippen LogP contribution in [0, 0.1) is 11.3 Å². The van der Waals surface area contributed by atoms with E-state index in [1.54, 1.807) is 0 Å². The summed E-state index contributed by atoms with van der Waals surface area (Å²) >= 11 is 0. The number of rotatable bonds is 4. The molecule has 0 aromatic rings. The smallest absolute Gasteiger partial charge is 0.233 e. The molecular formula is C11H19N3O2. The molecule has 4 N–H and O–H groups in total. The van der Waals surface area contributed by atoms with Crippen LogP contribution >= 0.6 is 0 Å². The van der Waals surface area contributed by atoms with Gasteiger partial charge >= 0.3 is 0 Å². The van der Waals surface area contributed by atoms with Crippen LogP contribution in [0.4, 0.5) is 0 Å². The SMILES string of the molecule is NC(=NO)C1(C(=O)NCC2CCCC2)CC1. The summed E-state index contributed by atoms with van der Waals surface area (Å²) in [6.07, 6.45) is 6.34. The molecule has 0 bridgehead atoms. The molecule has 0 aliphatic heterocycles. The molecule has 0 saturated heterocycles. The zero-order chi connectivity index (χ0) is 11.6. The minimum absolute atomic E-state index is 0.0522. The summed E-state index contributed by atoms with van der Waals surface area (Å²) in [5.74, 6) is 0.596. The summed E-state index contributed by atoms with van der Waals surface area (Å²) in [7, 11) is 0. The second-order valence-electron chi connectivity index (χ2n) is 4.93. The van der Waals surface area contributed by atoms with E-state index < -0.39 is 5.41 Å². The van der Waals surface area contributed by atoms with Gasteiger partial charge in [-0.15, -0.1) is 0 Å². The van der Waals surface area contributed by atoms with Crippen molar-refractivity contribution in [3.63, 3.8) is 0 Å². The van der Waals surface area contributed by atoms with Gasteiger partial charge in [0, 0.05) is 6.54 Å². The van der Waals surface area contributed by atoms with Crippen LogP contribution in [0.3, 0.4) is 0 Å². The zero-order valence-electron chi connectivity index (χ0n) is 9.41. The molecule has 0 atom stereocenters. The summed E-state index contributed by atoms with van der Waals surface area (Å²) in [4.78, 5) is 11.9. The molecule has 0 unspecified atom stereocenters. The Hall–Kier alpha value is -1.26. The van der Waals surface area contributed by atoms with Crippen LogP contribution in [-0.4, -0.2) is 23.5 Å². The van der Waals surface area contributed by atoms with Gasteiger partial charge < -0.3 is 16.3 Å². The second kappa shape index (κ2) is 4.31. The van der Waals surface area contributed by atoms with E-state index in [9.17, 15) is 4.79 Å². The van der Waals surface area contributed by atoms with Crippen molar-refractivity contribution in [2.45, 2.75) is 38.5 Å². The van der Waals surface area contributed by atoms with Crippen molar-refractivity contribution in [2.24, 2.45) is 22.2 Å². The maximum atomic E-state index is 11.9. The van der Waals surface area contributed by atoms with Crippen molar-refractivity contribution >= 4 is 11.7 Å². The number of amides is 1. The van der Waals surface area contributed by atoms with E-state index >= 15 is 0 Å². The Morgan fingerprint density at radius 3 is 2.56 bits per heavy atom. The summed E-state index contributed by atoms with van der Waals surface area (Å²) in [6.45, 7) is 0.735. The lowest BCUT2D eigenvalue weighted by molar-refractivity contribution is -0.124. The van der Waals surface area contributed by atoms with E-state index in [-0.39, 0.29) is 11.7 Å². The van der Waals surface area contributed by atoms with Crippen LogP contribution in [0.2, 0.25) is 0 Å². The third-order valence-corrected chi connectivity index (χ3v) is 3.81. The maximum Gasteiger partial charge on any atom is 0.233 e. The van der Waals surface area contributed by atoms with Crippen LogP contribution in [0.25, 0.3) is 0 Å². The number of oxime groups is 1. The van der Waals surface area contributed by atoms with Gasteiger partial charge in [0.05, 0.1) is 0 Å². The summed E-state index contributed by atoms with van der Waals surface area (Å²) < 4.78 is 0. The van der Waals surface area contributed by atoms with Gasteiger partial charge in [-0.1, -0.05) is 18.0 Å². The standard InChI is InChI=1S/C11H19N3O2/c12-9(14-16)11(5-6-11)10(15)13-7-8-3-1-2-4-8/h8,16H,1-7H2,(H2,12,14)(H,13,15). The van der Waals surface area contributed by atoms with Gasteiger partial charge in [-0.3, -0.25) is 4.79 Å². The average molecular weight is 225 g/mol. The first-order valence-electron chi connectivity index (χ1n) is 5.95. The quantitative estimate of drug-likeness (QED) is 0.286. The van der Waals surface area contributed by atoms with Crippen molar-refractivity contribution in [2.75, 3.05) is 6.54 Å². The lowest BCUT2D eigenvalue weighted by Crippen LogP contribution is -2.42. The Morgan fingerprint density at radius 2 is 2.06 bits per heavy atom. The summed E-state index contributed by atoms with van der Waals surface area (Å²) in [5, 5.41) is 14.5. The summed E-state index contributed by atoms with van der Waals surface area (Å²) in [5.41, 5.74) is 4.84. The van der Waals surface area contributed by atoms with Gasteiger partial charge in [0.15, 0.2) is 5.84 Å². The molecule has 2 fully saturated rings. The Bertz CT molecular complexity index is 304. The lowest BCUT2D eigenvalue weighted by Gasteiger charge is -2.16. The van der Waals surface area contributed by atoms with Crippen LogP contribution in [0.1, 0.15) is 38.5 Å². The molecule has 0 spiro atoms. The molecule has 5 nitrogen and oxygen atoms in total. The highest BCUT2D eigenvalue weighted by molar-refractivity contribution is 6.09. The van der Waals surface area contributed by atoms with E-state index in [1.807, 2.05) is 0 Å². The number of carbonyl (C=O) groups excluding carboxylic acids is 1. The molecule has 2 aliphatic carbocycles. The number of nitrogens with zero attached hydrogens (tertiary/aromatic N) is 1. The average Bonchev–Trinajstić information content (AvgIpc) is 2.95. The zero-order valence-corrected chi connectivity index (χ0v) is 9.41. The predicted molar refractivity (Wildman–Crippen MR) is 60.0 cm³/mol. The first-order chi connectivity index (χ1) is 7.69. The molecule has 16 heavy (non-hydrogen) atoms. The third kappa shape index (κ3) is 1.99. The Labute approximate surface area is 95.1 Å². The molecule has 90 valence electrons. The van der Waals surface area contributed by atoms with Gasteiger partial charge in [-0.25, -0.2) is 0 Å². The molecule has 2 rings (SSSR count). The van der Waals surface area contributed by atoms with Gasteiger partial charge in [0.25, 0.3) is 0 Å². The van der Waals surface area contributed by atoms with Crippen molar-refractivity contribution < 1.29 is 10.0 Å². The van der Waals surface area contributed by atoms with Crippen LogP contribution in [-0.2, 0) is 4.79 Å². The Balaban J connectivity index is 1.83. The van der Waals surface area contributed by atoms with Gasteiger partial charge in [-0.05, 0) is 31.6 Å². The van der Waals surface area contributed by atoms with E-state index in [0.717, 1.165) is 6.54 Å². The number of hydrogen-bond donors (Lipinski definition) is 3. The van der Waals surface area contributed by atoms with Gasteiger partial charge in [0.2, 0.25) is 5.91 Å². The summed E-state index contributed by atoms with van der Waals surface area (Å²) in [6, 6.07) is 0. The molecule has 0 heterocycles. The first-order valence-corrected chi connectivity index (χ1v) is 5.95. The van der Waals surface area contributed by atoms with Crippen LogP contribution in [0.5, 0.6) is 0 Å². The highest BCUT2D eigenvalue weighted by Crippen LogP contribution is 2.46. The van der Waals surface area contributed by atoms with E-state index in [2.05, 4.69) is 10.5 Å². The normalized spacial score (nSPS) is 24.4. The fraction of sp³-hybridized carbons (Fsp3) is 0.818. The first kappa shape index (κ1) is 11.2. The molecule has 0 aromatic heterocycles. The minimum Gasteiger partial charge on any atom is -0.409 e. The number of nitrogens with one attached hydrogen (secondary N) is 1. The molecule has 0 aromatic carbocycles. The highest BCUT2D eigenvalue weighted by Gasteiger charge is 2.54. The fourth-order valence-corrected chi connectivity index (χ4v) is 2.44. The van der Waals surface area contributed by atoms with Crippen molar-refractivity contribution in [1.29, 1.82) is 0 Å². The van der Waals surface area contributed by atoms with E-state index in [1.165, 1.54) is 25.7 Å². The van der Waals surface area contributed by atoms with Crippen molar-refractivity contribution in [1.82, 2.24) is 5.32 Å².